The third kappa shape index (κ3) is 2.98. The van der Waals surface area contributed by atoms with Gasteiger partial charge in [-0.1, -0.05) is 11.8 Å². The Kier molecular flexibility index (Phi) is 3.55. The van der Waals surface area contributed by atoms with Crippen LogP contribution in [-0.2, 0) is 0 Å². The number of rotatable bonds is 2. The molecule has 3 nitrogen and oxygen atoms in total. The van der Waals surface area contributed by atoms with E-state index in [2.05, 4.69) is 4.98 Å². The lowest BCUT2D eigenvalue weighted by molar-refractivity contribution is 0.297. The first-order valence-corrected chi connectivity index (χ1v) is 6.82. The molecule has 0 saturated carbocycles. The summed E-state index contributed by atoms with van der Waals surface area (Å²) in [6.45, 7) is 1.33. The molecule has 0 unspecified atom stereocenters. The summed E-state index contributed by atoms with van der Waals surface area (Å²) < 4.78 is 24.2. The number of hydrogen-bond donors (Lipinski definition) is 0. The van der Waals surface area contributed by atoms with Crippen LogP contribution >= 0.6 is 11.8 Å². The fourth-order valence-electron chi connectivity index (χ4n) is 1.79. The molecule has 2 aromatic rings. The molecular formula is C14H12FNO2S. The van der Waals surface area contributed by atoms with Gasteiger partial charge in [-0.2, -0.15) is 4.39 Å². The average Bonchev–Trinajstić information content (AvgIpc) is 2.63. The van der Waals surface area contributed by atoms with Gasteiger partial charge in [-0.05, 0) is 24.3 Å². The molecule has 1 aromatic carbocycles. The van der Waals surface area contributed by atoms with Crippen molar-refractivity contribution < 1.29 is 13.9 Å². The summed E-state index contributed by atoms with van der Waals surface area (Å²) in [5, 5.41) is 0. The fourth-order valence-corrected chi connectivity index (χ4v) is 2.65. The van der Waals surface area contributed by atoms with Crippen LogP contribution in [0.25, 0.3) is 0 Å². The van der Waals surface area contributed by atoms with Gasteiger partial charge in [0.05, 0.1) is 13.2 Å². The van der Waals surface area contributed by atoms with E-state index in [0.717, 1.165) is 27.7 Å². The molecule has 0 amide bonds. The van der Waals surface area contributed by atoms with E-state index in [4.69, 9.17) is 9.47 Å². The molecule has 1 aliphatic rings. The number of aromatic nitrogens is 1. The molecule has 0 spiro atoms. The van der Waals surface area contributed by atoms with Gasteiger partial charge in [-0.3, -0.25) is 0 Å². The Labute approximate surface area is 114 Å². The zero-order valence-electron chi connectivity index (χ0n) is 10.1. The second-order valence-corrected chi connectivity index (χ2v) is 5.22. The van der Waals surface area contributed by atoms with E-state index in [-0.39, 0.29) is 0 Å². The van der Waals surface area contributed by atoms with Crippen molar-refractivity contribution in [1.82, 2.24) is 4.98 Å². The quantitative estimate of drug-likeness (QED) is 0.786. The number of nitrogens with zero attached hydrogens (tertiary/aromatic N) is 1. The van der Waals surface area contributed by atoms with Gasteiger partial charge >= 0.3 is 0 Å². The van der Waals surface area contributed by atoms with E-state index in [1.54, 1.807) is 6.07 Å². The molecule has 0 radical (unpaired) electrons. The molecule has 0 N–H and O–H groups in total. The maximum Gasteiger partial charge on any atom is 0.213 e. The maximum atomic E-state index is 13.0. The van der Waals surface area contributed by atoms with E-state index in [1.165, 1.54) is 24.0 Å². The smallest absolute Gasteiger partial charge is 0.213 e. The van der Waals surface area contributed by atoms with Gasteiger partial charge in [0.15, 0.2) is 11.5 Å². The number of benzene rings is 1. The second kappa shape index (κ2) is 5.48. The molecule has 3 rings (SSSR count). The van der Waals surface area contributed by atoms with E-state index in [0.29, 0.717) is 13.2 Å². The third-order valence-corrected chi connectivity index (χ3v) is 3.63. The van der Waals surface area contributed by atoms with Gasteiger partial charge in [-0.25, -0.2) is 4.98 Å². The zero-order valence-corrected chi connectivity index (χ0v) is 11.0. The SMILES string of the molecule is Fc1cc(Sc2ccc3c(c2)OCCCO3)ccn1. The average molecular weight is 277 g/mol. The summed E-state index contributed by atoms with van der Waals surface area (Å²) in [6.07, 6.45) is 2.34. The van der Waals surface area contributed by atoms with Crippen molar-refractivity contribution in [3.63, 3.8) is 0 Å². The monoisotopic (exact) mass is 277 g/mol. The van der Waals surface area contributed by atoms with E-state index < -0.39 is 5.95 Å². The van der Waals surface area contributed by atoms with Crippen molar-refractivity contribution in [2.75, 3.05) is 13.2 Å². The molecule has 1 aromatic heterocycles. The lowest BCUT2D eigenvalue weighted by atomic mass is 10.3. The van der Waals surface area contributed by atoms with Gasteiger partial charge in [0, 0.05) is 28.5 Å². The molecule has 2 heterocycles. The van der Waals surface area contributed by atoms with Crippen molar-refractivity contribution in [1.29, 1.82) is 0 Å². The van der Waals surface area contributed by atoms with Crippen LogP contribution in [-0.4, -0.2) is 18.2 Å². The first-order valence-electron chi connectivity index (χ1n) is 6.00. The highest BCUT2D eigenvalue weighted by atomic mass is 32.2. The van der Waals surface area contributed by atoms with Crippen molar-refractivity contribution in [2.45, 2.75) is 16.2 Å². The first kappa shape index (κ1) is 12.3. The van der Waals surface area contributed by atoms with Crippen molar-refractivity contribution >= 4 is 11.8 Å². The largest absolute Gasteiger partial charge is 0.490 e. The van der Waals surface area contributed by atoms with Gasteiger partial charge in [0.2, 0.25) is 5.95 Å². The highest BCUT2D eigenvalue weighted by molar-refractivity contribution is 7.99. The standard InChI is InChI=1S/C14H12FNO2S/c15-14-9-11(4-5-16-14)19-10-2-3-12-13(8-10)18-7-1-6-17-12/h2-5,8-9H,1,6-7H2. The van der Waals surface area contributed by atoms with E-state index in [9.17, 15) is 4.39 Å². The Hall–Kier alpha value is -1.75. The maximum absolute atomic E-state index is 13.0. The van der Waals surface area contributed by atoms with Crippen molar-refractivity contribution in [3.05, 3.63) is 42.5 Å². The summed E-state index contributed by atoms with van der Waals surface area (Å²) in [6, 6.07) is 8.94. The Morgan fingerprint density at radius 2 is 1.79 bits per heavy atom. The Morgan fingerprint density at radius 3 is 2.63 bits per heavy atom. The number of hydrogen-bond acceptors (Lipinski definition) is 4. The minimum atomic E-state index is -0.473. The lowest BCUT2D eigenvalue weighted by Gasteiger charge is -2.09. The van der Waals surface area contributed by atoms with E-state index in [1.807, 2.05) is 18.2 Å². The summed E-state index contributed by atoms with van der Waals surface area (Å²) in [4.78, 5) is 5.33. The minimum Gasteiger partial charge on any atom is -0.490 e. The van der Waals surface area contributed by atoms with Crippen LogP contribution in [0.15, 0.2) is 46.3 Å². The van der Waals surface area contributed by atoms with Crippen LogP contribution < -0.4 is 9.47 Å². The van der Waals surface area contributed by atoms with Gasteiger partial charge in [-0.15, -0.1) is 0 Å². The van der Waals surface area contributed by atoms with Crippen LogP contribution in [0.2, 0.25) is 0 Å². The van der Waals surface area contributed by atoms with Crippen molar-refractivity contribution in [3.8, 4) is 11.5 Å². The van der Waals surface area contributed by atoms with Crippen LogP contribution in [0.5, 0.6) is 11.5 Å². The van der Waals surface area contributed by atoms with E-state index >= 15 is 0 Å². The molecule has 5 heteroatoms. The highest BCUT2D eigenvalue weighted by Crippen LogP contribution is 2.36. The molecule has 0 atom stereocenters. The van der Waals surface area contributed by atoms with Crippen LogP contribution in [0.3, 0.4) is 0 Å². The van der Waals surface area contributed by atoms with Gasteiger partial charge < -0.3 is 9.47 Å². The molecule has 19 heavy (non-hydrogen) atoms. The molecule has 0 bridgehead atoms. The highest BCUT2D eigenvalue weighted by Gasteiger charge is 2.11. The second-order valence-electron chi connectivity index (χ2n) is 4.08. The normalized spacial score (nSPS) is 13.9. The number of halogens is 1. The Morgan fingerprint density at radius 1 is 1.00 bits per heavy atom. The Balaban J connectivity index is 1.84. The summed E-state index contributed by atoms with van der Waals surface area (Å²) in [5.74, 6) is 1.04. The summed E-state index contributed by atoms with van der Waals surface area (Å²) in [7, 11) is 0. The lowest BCUT2D eigenvalue weighted by Crippen LogP contribution is -1.97. The molecular weight excluding hydrogens is 265 g/mol. The zero-order chi connectivity index (χ0) is 13.1. The molecule has 98 valence electrons. The Bertz CT molecular complexity index is 591. The summed E-state index contributed by atoms with van der Waals surface area (Å²) in [5.41, 5.74) is 0. The van der Waals surface area contributed by atoms with Gasteiger partial charge in [0.1, 0.15) is 0 Å². The predicted octanol–water partition coefficient (Wildman–Crippen LogP) is 3.53. The first-order chi connectivity index (χ1) is 9.31. The van der Waals surface area contributed by atoms with Crippen LogP contribution in [0.1, 0.15) is 6.42 Å². The molecule has 1 aliphatic heterocycles. The topological polar surface area (TPSA) is 31.4 Å². The van der Waals surface area contributed by atoms with Crippen LogP contribution in [0, 0.1) is 5.95 Å². The minimum absolute atomic E-state index is 0.473. The third-order valence-electron chi connectivity index (χ3n) is 2.65. The van der Waals surface area contributed by atoms with Crippen LogP contribution in [0.4, 0.5) is 4.39 Å². The number of ether oxygens (including phenoxy) is 2. The molecule has 0 fully saturated rings. The summed E-state index contributed by atoms with van der Waals surface area (Å²) >= 11 is 1.47. The van der Waals surface area contributed by atoms with Gasteiger partial charge in [0.25, 0.3) is 0 Å². The number of pyridine rings is 1. The molecule has 0 aliphatic carbocycles. The number of fused-ring (bicyclic) bond motifs is 1. The van der Waals surface area contributed by atoms with Crippen molar-refractivity contribution in [2.24, 2.45) is 0 Å². The fraction of sp³-hybridized carbons (Fsp3) is 0.214. The predicted molar refractivity (Wildman–Crippen MR) is 70.4 cm³/mol. The molecule has 0 saturated heterocycles.